The van der Waals surface area contributed by atoms with Gasteiger partial charge in [-0.25, -0.2) is 19.9 Å². The van der Waals surface area contributed by atoms with Crippen molar-refractivity contribution in [2.45, 2.75) is 6.92 Å². The normalized spacial score (nSPS) is 7.79. The molecule has 0 aromatic carbocycles. The Morgan fingerprint density at radius 3 is 1.37 bits per heavy atom. The zero-order valence-electron chi connectivity index (χ0n) is 10.3. The average molecular weight is 397 g/mol. The molecule has 2 heterocycles. The van der Waals surface area contributed by atoms with Crippen molar-refractivity contribution in [3.8, 4) is 0 Å². The molecule has 0 unspecified atom stereocenters. The molecule has 0 aliphatic heterocycles. The van der Waals surface area contributed by atoms with Gasteiger partial charge in [0.15, 0.2) is 0 Å². The average Bonchev–Trinajstić information content (AvgIpc) is 2.28. The Hall–Kier alpha value is 0.276. The Labute approximate surface area is 154 Å². The summed E-state index contributed by atoms with van der Waals surface area (Å²) in [5.41, 5.74) is 0. The summed E-state index contributed by atoms with van der Waals surface area (Å²) in [4.78, 5) is 14.9. The maximum absolute atomic E-state index is 5.49. The molecule has 0 atom stereocenters. The van der Waals surface area contributed by atoms with Gasteiger partial charge in [0.1, 0.15) is 5.82 Å². The second-order valence-corrected chi connectivity index (χ2v) is 3.83. The van der Waals surface area contributed by atoms with Crippen molar-refractivity contribution in [2.75, 3.05) is 0 Å². The Morgan fingerprint density at radius 2 is 1.11 bits per heavy atom. The summed E-state index contributed by atoms with van der Waals surface area (Å²) in [5, 5.41) is 1.29. The van der Waals surface area contributed by atoms with Crippen LogP contribution in [-0.2, 0) is 0 Å². The van der Waals surface area contributed by atoms with Gasteiger partial charge in [0.05, 0.1) is 22.4 Å². The van der Waals surface area contributed by atoms with Crippen molar-refractivity contribution in [2.24, 2.45) is 0 Å². The van der Waals surface area contributed by atoms with Crippen molar-refractivity contribution in [1.82, 2.24) is 19.9 Å². The molecule has 0 saturated heterocycles. The van der Waals surface area contributed by atoms with Gasteiger partial charge in [-0.3, -0.25) is 0 Å². The SMILES string of the molecule is Cc1ncc(Cl)cn1.Clc1cnc(Cl)nc1.[Br-].[CH3-].[Mg+2]. The van der Waals surface area contributed by atoms with Crippen LogP contribution < -0.4 is 17.0 Å². The zero-order chi connectivity index (χ0) is 12.0. The van der Waals surface area contributed by atoms with Crippen LogP contribution in [0.3, 0.4) is 0 Å². The maximum atomic E-state index is 5.49. The van der Waals surface area contributed by atoms with E-state index in [1.54, 1.807) is 12.4 Å². The predicted octanol–water partition coefficient (Wildman–Crippen LogP) is 0.295. The summed E-state index contributed by atoms with van der Waals surface area (Å²) in [6.07, 6.45) is 6.03. The van der Waals surface area contributed by atoms with Crippen LogP contribution in [0.2, 0.25) is 15.3 Å². The number of rotatable bonds is 0. The Morgan fingerprint density at radius 1 is 0.789 bits per heavy atom. The molecule has 2 rings (SSSR count). The molecule has 9 heteroatoms. The summed E-state index contributed by atoms with van der Waals surface area (Å²) < 4.78 is 0. The minimum absolute atomic E-state index is 0. The van der Waals surface area contributed by atoms with Crippen LogP contribution in [0.5, 0.6) is 0 Å². The third kappa shape index (κ3) is 11.8. The minimum Gasteiger partial charge on any atom is -1.00 e. The molecule has 100 valence electrons. The van der Waals surface area contributed by atoms with Crippen LogP contribution in [0.15, 0.2) is 24.8 Å². The third-order valence-corrected chi connectivity index (χ3v) is 1.92. The van der Waals surface area contributed by atoms with Gasteiger partial charge in [0, 0.05) is 12.4 Å². The first-order chi connectivity index (χ1) is 7.58. The molecule has 0 fully saturated rings. The molecule has 0 spiro atoms. The fourth-order valence-corrected chi connectivity index (χ4v) is 0.966. The number of halogens is 4. The summed E-state index contributed by atoms with van der Waals surface area (Å²) in [6.45, 7) is 1.82. The number of hydrogen-bond donors (Lipinski definition) is 0. The Kier molecular flexibility index (Phi) is 17.0. The number of nitrogens with zero attached hydrogens (tertiary/aromatic N) is 4. The van der Waals surface area contributed by atoms with Gasteiger partial charge >= 0.3 is 23.1 Å². The third-order valence-electron chi connectivity index (χ3n) is 1.34. The molecule has 0 N–H and O–H groups in total. The van der Waals surface area contributed by atoms with Gasteiger partial charge in [-0.1, -0.05) is 23.2 Å². The van der Waals surface area contributed by atoms with Crippen molar-refractivity contribution >= 4 is 57.9 Å². The predicted molar refractivity (Wildman–Crippen MR) is 76.0 cm³/mol. The van der Waals surface area contributed by atoms with Crippen molar-refractivity contribution in [3.05, 3.63) is 53.4 Å². The van der Waals surface area contributed by atoms with E-state index < -0.39 is 0 Å². The van der Waals surface area contributed by atoms with Crippen LogP contribution in [-0.4, -0.2) is 43.0 Å². The van der Waals surface area contributed by atoms with Gasteiger partial charge in [-0.15, -0.1) is 0 Å². The second kappa shape index (κ2) is 13.3. The summed E-state index contributed by atoms with van der Waals surface area (Å²) in [5.74, 6) is 0.745. The number of aromatic nitrogens is 4. The topological polar surface area (TPSA) is 51.6 Å². The molecule has 0 bridgehead atoms. The van der Waals surface area contributed by atoms with E-state index in [1.165, 1.54) is 12.4 Å². The Bertz CT molecular complexity index is 356. The monoisotopic (exact) mass is 394 g/mol. The number of aryl methyl sites for hydroxylation is 1. The molecule has 0 aliphatic carbocycles. The molecule has 19 heavy (non-hydrogen) atoms. The van der Waals surface area contributed by atoms with E-state index in [0.29, 0.717) is 10.0 Å². The van der Waals surface area contributed by atoms with Crippen LogP contribution >= 0.6 is 34.8 Å². The van der Waals surface area contributed by atoms with Crippen molar-refractivity contribution < 1.29 is 17.0 Å². The van der Waals surface area contributed by atoms with E-state index in [2.05, 4.69) is 19.9 Å². The molecular weight excluding hydrogens is 387 g/mol. The molecule has 0 aliphatic rings. The van der Waals surface area contributed by atoms with E-state index in [-0.39, 0.29) is 52.7 Å². The van der Waals surface area contributed by atoms with Crippen LogP contribution in [0.1, 0.15) is 5.82 Å². The summed E-state index contributed by atoms with van der Waals surface area (Å²) in [7, 11) is 0. The van der Waals surface area contributed by atoms with Gasteiger partial charge < -0.3 is 24.4 Å². The first kappa shape index (κ1) is 24.3. The molecular formula is C10H10BrCl3MgN4. The fourth-order valence-electron chi connectivity index (χ4n) is 0.673. The van der Waals surface area contributed by atoms with Gasteiger partial charge in [0.2, 0.25) is 5.28 Å². The molecule has 2 aromatic heterocycles. The smallest absolute Gasteiger partial charge is 1.00 e. The standard InChI is InChI=1S/C5H5ClN2.C4H2Cl2N2.CH3.BrH.Mg/c1-4-7-2-5(6)3-8-4;5-3-1-7-4(6)8-2-3;;;/h2-3H,1H3;1-2H;1H3;1H;/q;;-1;;+2/p-1. The van der Waals surface area contributed by atoms with Crippen LogP contribution in [0.4, 0.5) is 0 Å². The quantitative estimate of drug-likeness (QED) is 0.365. The summed E-state index contributed by atoms with van der Waals surface area (Å²) in [6, 6.07) is 0. The first-order valence-electron chi connectivity index (χ1n) is 4.15. The van der Waals surface area contributed by atoms with Crippen LogP contribution in [0.25, 0.3) is 0 Å². The molecule has 2 aromatic rings. The summed E-state index contributed by atoms with van der Waals surface area (Å²) >= 11 is 16.2. The van der Waals surface area contributed by atoms with E-state index >= 15 is 0 Å². The van der Waals surface area contributed by atoms with Gasteiger partial charge in [0.25, 0.3) is 0 Å². The second-order valence-electron chi connectivity index (χ2n) is 2.62. The van der Waals surface area contributed by atoms with E-state index in [0.717, 1.165) is 5.82 Å². The first-order valence-corrected chi connectivity index (χ1v) is 5.28. The largest absolute Gasteiger partial charge is 2.00 e. The molecule has 0 amide bonds. The minimum atomic E-state index is 0. The molecule has 0 radical (unpaired) electrons. The van der Waals surface area contributed by atoms with Gasteiger partial charge in [-0.2, -0.15) is 0 Å². The fraction of sp³-hybridized carbons (Fsp3) is 0.100. The maximum Gasteiger partial charge on any atom is 2.00 e. The van der Waals surface area contributed by atoms with E-state index in [4.69, 9.17) is 34.8 Å². The van der Waals surface area contributed by atoms with Crippen molar-refractivity contribution in [1.29, 1.82) is 0 Å². The van der Waals surface area contributed by atoms with E-state index in [1.807, 2.05) is 6.92 Å². The van der Waals surface area contributed by atoms with Crippen molar-refractivity contribution in [3.63, 3.8) is 0 Å². The number of hydrogen-bond acceptors (Lipinski definition) is 4. The van der Waals surface area contributed by atoms with E-state index in [9.17, 15) is 0 Å². The van der Waals surface area contributed by atoms with Crippen LogP contribution in [0, 0.1) is 14.4 Å². The zero-order valence-corrected chi connectivity index (χ0v) is 15.6. The van der Waals surface area contributed by atoms with Gasteiger partial charge in [-0.05, 0) is 18.5 Å². The molecule has 0 saturated carbocycles. The molecule has 4 nitrogen and oxygen atoms in total. The Balaban J connectivity index is -0.000000233.